The van der Waals surface area contributed by atoms with Gasteiger partial charge in [0.25, 0.3) is 0 Å². The van der Waals surface area contributed by atoms with Gasteiger partial charge in [-0.05, 0) is 240 Å². The molecule has 0 aliphatic heterocycles. The third kappa shape index (κ3) is 10.6. The Morgan fingerprint density at radius 2 is 0.394 bits per heavy atom. The fraction of sp³-hybridized carbons (Fsp3) is 0.0192. The maximum absolute atomic E-state index is 2.39. The van der Waals surface area contributed by atoms with Crippen LogP contribution in [0.25, 0.3) is 196 Å². The van der Waals surface area contributed by atoms with Gasteiger partial charge in [0, 0.05) is 0 Å². The maximum atomic E-state index is 2.39. The first-order chi connectivity index (χ1) is 51.5. The van der Waals surface area contributed by atoms with Gasteiger partial charge in [-0.2, -0.15) is 0 Å². The van der Waals surface area contributed by atoms with Gasteiger partial charge in [0.05, 0.1) is 0 Å². The van der Waals surface area contributed by atoms with Crippen LogP contribution in [0, 0.1) is 13.8 Å². The van der Waals surface area contributed by atoms with Gasteiger partial charge in [0.15, 0.2) is 0 Å². The van der Waals surface area contributed by atoms with Crippen molar-refractivity contribution in [3.05, 3.63) is 399 Å². The van der Waals surface area contributed by atoms with E-state index >= 15 is 0 Å². The monoisotopic (exact) mass is 1320 g/mol. The summed E-state index contributed by atoms with van der Waals surface area (Å²) in [4.78, 5) is 0. The predicted molar refractivity (Wildman–Crippen MR) is 451 cm³/mol. The summed E-state index contributed by atoms with van der Waals surface area (Å²) in [6, 6.07) is 142. The fourth-order valence-corrected chi connectivity index (χ4v) is 17.1. The number of benzene rings is 21. The molecule has 0 atom stereocenters. The minimum absolute atomic E-state index is 1.26. The molecule has 0 spiro atoms. The van der Waals surface area contributed by atoms with E-state index in [1.165, 1.54) is 207 Å². The molecule has 0 heterocycles. The van der Waals surface area contributed by atoms with E-state index in [1.807, 2.05) is 0 Å². The Bertz CT molecular complexity index is 6700. The molecule has 0 N–H and O–H groups in total. The predicted octanol–water partition coefficient (Wildman–Crippen LogP) is 29.5. The summed E-state index contributed by atoms with van der Waals surface area (Å²) in [5, 5.41) is 31.0. The van der Waals surface area contributed by atoms with Crippen LogP contribution in [0.3, 0.4) is 0 Å². The molecule has 0 saturated carbocycles. The Labute approximate surface area is 605 Å². The molecule has 0 nitrogen and oxygen atoms in total. The van der Waals surface area contributed by atoms with Gasteiger partial charge >= 0.3 is 0 Å². The Morgan fingerprint density at radius 3 is 0.740 bits per heavy atom. The summed E-state index contributed by atoms with van der Waals surface area (Å²) >= 11 is 0. The van der Waals surface area contributed by atoms with Gasteiger partial charge in [-0.15, -0.1) is 0 Å². The van der Waals surface area contributed by atoms with Crippen LogP contribution in [0.1, 0.15) is 11.1 Å². The molecule has 0 radical (unpaired) electrons. The summed E-state index contributed by atoms with van der Waals surface area (Å²) in [6.45, 7) is 4.38. The second-order valence-electron chi connectivity index (χ2n) is 27.7. The molecular weight excluding hydrogens is 1250 g/mol. The van der Waals surface area contributed by atoms with Crippen LogP contribution in [0.5, 0.6) is 0 Å². The van der Waals surface area contributed by atoms with Crippen LogP contribution in [-0.2, 0) is 0 Å². The van der Waals surface area contributed by atoms with Crippen molar-refractivity contribution in [2.45, 2.75) is 13.8 Å². The average molecular weight is 1320 g/mol. The molecule has 0 saturated heterocycles. The van der Waals surface area contributed by atoms with E-state index in [0.717, 1.165) is 0 Å². The molecule has 21 rings (SSSR count). The van der Waals surface area contributed by atoms with Crippen molar-refractivity contribution in [2.24, 2.45) is 0 Å². The average Bonchev–Trinajstić information content (AvgIpc) is 0.756. The zero-order valence-electron chi connectivity index (χ0n) is 58.0. The summed E-state index contributed by atoms with van der Waals surface area (Å²) in [5.74, 6) is 0. The quantitative estimate of drug-likeness (QED) is 0.115. The SMILES string of the molecule is Cc1cccc(-c2c3ccccc3c(-c3cc4ccccc4c4ccccc34)c3ccccc23)c1.Cc1ccccc1-c1c2ccccc2c(-c2cc3ccccc3c3ccccc23)c2ccccc12.c1ccc2cc(-c3c4ccccc4c(-c4ccc5ccccc5c4)c4ccccc34)ccc2c1. The Hall–Kier alpha value is -13.3. The number of rotatable bonds is 6. The zero-order chi connectivity index (χ0) is 69.2. The number of hydrogen-bond donors (Lipinski definition) is 0. The number of hydrogen-bond acceptors (Lipinski definition) is 0. The molecule has 0 fully saturated rings. The normalized spacial score (nSPS) is 11.6. The Morgan fingerprint density at radius 1 is 0.135 bits per heavy atom. The number of aryl methyl sites for hydroxylation is 2. The van der Waals surface area contributed by atoms with Gasteiger partial charge in [0.1, 0.15) is 0 Å². The van der Waals surface area contributed by atoms with Crippen molar-refractivity contribution in [2.75, 3.05) is 0 Å². The molecule has 0 aliphatic carbocycles. The van der Waals surface area contributed by atoms with Crippen molar-refractivity contribution < 1.29 is 0 Å². The topological polar surface area (TPSA) is 0 Å². The van der Waals surface area contributed by atoms with E-state index in [2.05, 4.69) is 402 Å². The van der Waals surface area contributed by atoms with E-state index in [0.29, 0.717) is 0 Å². The molecule has 0 unspecified atom stereocenters. The summed E-state index contributed by atoms with van der Waals surface area (Å²) in [5.41, 5.74) is 18.1. The van der Waals surface area contributed by atoms with Crippen molar-refractivity contribution >= 4 is 129 Å². The summed E-state index contributed by atoms with van der Waals surface area (Å²) in [7, 11) is 0. The standard InChI is InChI=1S/2C35H24.C34H22/c1-23-12-2-4-14-25(23)34-29-18-8-10-20-31(29)35(32-21-11-9-19-30(32)34)33-22-24-13-3-5-15-26(24)27-16-6-7-17-28(27)33;1-23-11-10-13-25(21-23)34-29-17-6-8-19-31(29)35(32-20-9-7-18-30(32)34)33-22-24-12-2-3-14-26(24)27-15-4-5-16-28(27)33;1-3-11-25-21-27(19-17-23(25)9-1)33-29-13-5-7-15-31(29)34(32-16-8-6-14-30(32)33)28-20-18-24-10-2-4-12-26(24)22-28/h2*2-22H,1H3;1-22H. The van der Waals surface area contributed by atoms with Crippen molar-refractivity contribution in [1.29, 1.82) is 0 Å². The molecule has 104 heavy (non-hydrogen) atoms. The lowest BCUT2D eigenvalue weighted by Gasteiger charge is -2.20. The minimum Gasteiger partial charge on any atom is -0.0620 e. The highest BCUT2D eigenvalue weighted by molar-refractivity contribution is 6.28. The first-order valence-electron chi connectivity index (χ1n) is 36.2. The van der Waals surface area contributed by atoms with Crippen LogP contribution in [0.2, 0.25) is 0 Å². The minimum atomic E-state index is 1.26. The Balaban J connectivity index is 0.000000107. The largest absolute Gasteiger partial charge is 0.0620 e. The lowest BCUT2D eigenvalue weighted by molar-refractivity contribution is 1.47. The molecule has 486 valence electrons. The van der Waals surface area contributed by atoms with E-state index in [9.17, 15) is 0 Å². The third-order valence-corrected chi connectivity index (χ3v) is 21.7. The van der Waals surface area contributed by atoms with Crippen LogP contribution >= 0.6 is 0 Å². The molecule has 0 bridgehead atoms. The zero-order valence-corrected chi connectivity index (χ0v) is 58.0. The molecule has 21 aromatic rings. The van der Waals surface area contributed by atoms with Crippen molar-refractivity contribution in [3.8, 4) is 66.8 Å². The van der Waals surface area contributed by atoms with Gasteiger partial charge in [0.2, 0.25) is 0 Å². The highest BCUT2D eigenvalue weighted by Crippen LogP contribution is 2.50. The first kappa shape index (κ1) is 61.8. The van der Waals surface area contributed by atoms with Gasteiger partial charge in [-0.1, -0.05) is 370 Å². The molecular formula is C104H70. The molecule has 21 aromatic carbocycles. The summed E-state index contributed by atoms with van der Waals surface area (Å²) < 4.78 is 0. The molecule has 0 heteroatoms. The fourth-order valence-electron chi connectivity index (χ4n) is 17.1. The second-order valence-corrected chi connectivity index (χ2v) is 27.7. The molecule has 0 amide bonds. The van der Waals surface area contributed by atoms with Crippen molar-refractivity contribution in [1.82, 2.24) is 0 Å². The summed E-state index contributed by atoms with van der Waals surface area (Å²) in [6.07, 6.45) is 0. The smallest absolute Gasteiger partial charge is 0.00199 e. The van der Waals surface area contributed by atoms with Crippen molar-refractivity contribution in [3.63, 3.8) is 0 Å². The molecule has 0 aliphatic rings. The highest BCUT2D eigenvalue weighted by Gasteiger charge is 2.23. The van der Waals surface area contributed by atoms with E-state index in [-0.39, 0.29) is 0 Å². The Kier molecular flexibility index (Phi) is 15.5. The molecule has 0 aromatic heterocycles. The second kappa shape index (κ2) is 26.0. The van der Waals surface area contributed by atoms with E-state index in [1.54, 1.807) is 0 Å². The van der Waals surface area contributed by atoms with Crippen LogP contribution in [-0.4, -0.2) is 0 Å². The van der Waals surface area contributed by atoms with Crippen LogP contribution < -0.4 is 0 Å². The van der Waals surface area contributed by atoms with Gasteiger partial charge in [-0.25, -0.2) is 0 Å². The van der Waals surface area contributed by atoms with Gasteiger partial charge < -0.3 is 0 Å². The van der Waals surface area contributed by atoms with Crippen LogP contribution in [0.15, 0.2) is 388 Å². The lowest BCUT2D eigenvalue weighted by Crippen LogP contribution is -1.93. The maximum Gasteiger partial charge on any atom is -0.00199 e. The van der Waals surface area contributed by atoms with Gasteiger partial charge in [-0.3, -0.25) is 0 Å². The number of fused-ring (bicyclic) bond motifs is 14. The first-order valence-corrected chi connectivity index (χ1v) is 36.2. The van der Waals surface area contributed by atoms with E-state index in [4.69, 9.17) is 0 Å². The third-order valence-electron chi connectivity index (χ3n) is 21.7. The lowest BCUT2D eigenvalue weighted by atomic mass is 9.83. The van der Waals surface area contributed by atoms with E-state index < -0.39 is 0 Å². The van der Waals surface area contributed by atoms with Crippen LogP contribution in [0.4, 0.5) is 0 Å². The highest BCUT2D eigenvalue weighted by atomic mass is 14.3.